The highest BCUT2D eigenvalue weighted by atomic mass is 19.4. The van der Waals surface area contributed by atoms with Crippen LogP contribution < -0.4 is 10.2 Å². The maximum absolute atomic E-state index is 13.2. The van der Waals surface area contributed by atoms with Crippen LogP contribution in [-0.4, -0.2) is 17.7 Å². The van der Waals surface area contributed by atoms with E-state index in [1.54, 1.807) is 0 Å². The van der Waals surface area contributed by atoms with Crippen LogP contribution in [0.25, 0.3) is 0 Å². The van der Waals surface area contributed by atoms with Crippen LogP contribution in [0.2, 0.25) is 0 Å². The number of hydrogen-bond donors (Lipinski definition) is 1. The zero-order chi connectivity index (χ0) is 18.8. The van der Waals surface area contributed by atoms with E-state index >= 15 is 0 Å². The molecule has 2 fully saturated rings. The molecular weight excluding hydrogens is 349 g/mol. The number of benzene rings is 1. The Balaban J connectivity index is 1.77. The van der Waals surface area contributed by atoms with Gasteiger partial charge in [-0.1, -0.05) is 12.2 Å². The molecule has 1 aromatic rings. The molecule has 1 heterocycles. The number of carbonyl (C=O) groups is 3. The van der Waals surface area contributed by atoms with Crippen molar-refractivity contribution in [2.45, 2.75) is 19.5 Å². The van der Waals surface area contributed by atoms with Crippen molar-refractivity contribution in [3.05, 3.63) is 35.9 Å². The number of imide groups is 1. The Morgan fingerprint density at radius 2 is 1.65 bits per heavy atom. The van der Waals surface area contributed by atoms with Gasteiger partial charge in [0.25, 0.3) is 0 Å². The number of rotatable bonds is 2. The van der Waals surface area contributed by atoms with Crippen LogP contribution in [0.1, 0.15) is 18.9 Å². The fourth-order valence-electron chi connectivity index (χ4n) is 4.34. The van der Waals surface area contributed by atoms with Crippen molar-refractivity contribution >= 4 is 29.1 Å². The summed E-state index contributed by atoms with van der Waals surface area (Å²) in [6, 6.07) is 2.78. The van der Waals surface area contributed by atoms with Crippen LogP contribution in [0.3, 0.4) is 0 Å². The molecule has 1 N–H and O–H groups in total. The van der Waals surface area contributed by atoms with Crippen molar-refractivity contribution in [2.75, 3.05) is 10.2 Å². The van der Waals surface area contributed by atoms with Crippen LogP contribution >= 0.6 is 0 Å². The van der Waals surface area contributed by atoms with E-state index in [2.05, 4.69) is 5.32 Å². The lowest BCUT2D eigenvalue weighted by molar-refractivity contribution is -0.137. The zero-order valence-corrected chi connectivity index (χ0v) is 13.7. The normalized spacial score (nSPS) is 29.5. The fraction of sp³-hybridized carbons (Fsp3) is 0.389. The van der Waals surface area contributed by atoms with Gasteiger partial charge in [-0.3, -0.25) is 14.4 Å². The van der Waals surface area contributed by atoms with Crippen LogP contribution in [0, 0.1) is 23.7 Å². The van der Waals surface area contributed by atoms with Gasteiger partial charge in [-0.05, 0) is 36.5 Å². The van der Waals surface area contributed by atoms with Crippen molar-refractivity contribution in [1.29, 1.82) is 0 Å². The molecule has 0 spiro atoms. The predicted octanol–water partition coefficient (Wildman–Crippen LogP) is 2.98. The van der Waals surface area contributed by atoms with Gasteiger partial charge < -0.3 is 5.32 Å². The lowest BCUT2D eigenvalue weighted by atomic mass is 9.85. The van der Waals surface area contributed by atoms with Gasteiger partial charge in [0, 0.05) is 12.6 Å². The summed E-state index contributed by atoms with van der Waals surface area (Å²) in [6.07, 6.45) is -0.114. The summed E-state index contributed by atoms with van der Waals surface area (Å²) in [5.74, 6) is -2.56. The summed E-state index contributed by atoms with van der Waals surface area (Å²) in [4.78, 5) is 37.7. The van der Waals surface area contributed by atoms with E-state index in [1.807, 2.05) is 12.2 Å². The van der Waals surface area contributed by atoms with Crippen molar-refractivity contribution in [1.82, 2.24) is 0 Å². The van der Waals surface area contributed by atoms with Gasteiger partial charge in [0.1, 0.15) is 0 Å². The lowest BCUT2D eigenvalue weighted by Crippen LogP contribution is -2.33. The predicted molar refractivity (Wildman–Crippen MR) is 86.0 cm³/mol. The summed E-state index contributed by atoms with van der Waals surface area (Å²) >= 11 is 0. The van der Waals surface area contributed by atoms with Gasteiger partial charge in [0.15, 0.2) is 0 Å². The maximum Gasteiger partial charge on any atom is 0.416 e. The minimum absolute atomic E-state index is 0.0351. The number of nitrogens with one attached hydrogen (secondary N) is 1. The second kappa shape index (κ2) is 5.43. The Labute approximate surface area is 146 Å². The van der Waals surface area contributed by atoms with E-state index in [9.17, 15) is 27.6 Å². The van der Waals surface area contributed by atoms with Crippen molar-refractivity contribution in [3.8, 4) is 0 Å². The number of fused-ring (bicyclic) bond motifs is 5. The quantitative estimate of drug-likeness (QED) is 0.648. The number of halogens is 3. The molecule has 2 aliphatic carbocycles. The maximum atomic E-state index is 13.2. The first kappa shape index (κ1) is 16.8. The summed E-state index contributed by atoms with van der Waals surface area (Å²) in [5, 5.41) is 2.29. The van der Waals surface area contributed by atoms with Gasteiger partial charge >= 0.3 is 6.18 Å². The summed E-state index contributed by atoms with van der Waals surface area (Å²) in [5.41, 5.74) is -1.30. The largest absolute Gasteiger partial charge is 0.416 e. The van der Waals surface area contributed by atoms with E-state index in [0.717, 1.165) is 23.5 Å². The average Bonchev–Trinajstić information content (AvgIpc) is 3.19. The smallest absolute Gasteiger partial charge is 0.326 e. The first-order valence-electron chi connectivity index (χ1n) is 8.23. The minimum Gasteiger partial charge on any atom is -0.326 e. The summed E-state index contributed by atoms with van der Waals surface area (Å²) in [6.45, 7) is 1.17. The van der Waals surface area contributed by atoms with Crippen LogP contribution in [0.4, 0.5) is 24.5 Å². The molecule has 4 atom stereocenters. The molecular formula is C18H15F3N2O3. The van der Waals surface area contributed by atoms with Crippen LogP contribution in [0.5, 0.6) is 0 Å². The Hall–Kier alpha value is -2.64. The fourth-order valence-corrected chi connectivity index (χ4v) is 4.34. The molecule has 4 rings (SSSR count). The standard InChI is InChI=1S/C18H15F3N2O3/c1-8(24)22-12-5-11(18(19,20)21)6-13(7-12)23-16(25)14-9-2-3-10(4-9)15(14)17(23)26/h2-3,5-7,9-10,14-15H,4H2,1H3,(H,22,24). The van der Waals surface area contributed by atoms with Crippen LogP contribution in [0.15, 0.2) is 30.4 Å². The van der Waals surface area contributed by atoms with E-state index in [0.29, 0.717) is 0 Å². The average molecular weight is 364 g/mol. The first-order chi connectivity index (χ1) is 12.2. The van der Waals surface area contributed by atoms with Gasteiger partial charge in [0.2, 0.25) is 17.7 Å². The monoisotopic (exact) mass is 364 g/mol. The number of hydrogen-bond acceptors (Lipinski definition) is 3. The topological polar surface area (TPSA) is 66.5 Å². The van der Waals surface area contributed by atoms with Gasteiger partial charge in [-0.25, -0.2) is 4.90 Å². The van der Waals surface area contributed by atoms with Crippen molar-refractivity contribution in [3.63, 3.8) is 0 Å². The third kappa shape index (κ3) is 2.43. The molecule has 136 valence electrons. The number of carbonyl (C=O) groups excluding carboxylic acids is 3. The molecule has 3 aliphatic rings. The highest BCUT2D eigenvalue weighted by Gasteiger charge is 2.59. The molecule has 1 aromatic carbocycles. The number of allylic oxidation sites excluding steroid dienone is 2. The molecule has 26 heavy (non-hydrogen) atoms. The molecule has 0 radical (unpaired) electrons. The van der Waals surface area contributed by atoms with E-state index < -0.39 is 41.3 Å². The third-order valence-electron chi connectivity index (χ3n) is 5.29. The molecule has 1 aliphatic heterocycles. The molecule has 2 bridgehead atoms. The van der Waals surface area contributed by atoms with Crippen molar-refractivity contribution < 1.29 is 27.6 Å². The molecule has 1 saturated carbocycles. The highest BCUT2D eigenvalue weighted by molar-refractivity contribution is 6.23. The second-order valence-electron chi connectivity index (χ2n) is 6.96. The Morgan fingerprint density at radius 3 is 2.15 bits per heavy atom. The molecule has 4 unspecified atom stereocenters. The Bertz CT molecular complexity index is 832. The number of nitrogens with zero attached hydrogens (tertiary/aromatic N) is 1. The Morgan fingerprint density at radius 1 is 1.08 bits per heavy atom. The SMILES string of the molecule is CC(=O)Nc1cc(N2C(=O)C3C4C=CC(C4)C3C2=O)cc(C(F)(F)F)c1. The lowest BCUT2D eigenvalue weighted by Gasteiger charge is -2.20. The summed E-state index contributed by atoms with van der Waals surface area (Å²) < 4.78 is 39.7. The second-order valence-corrected chi connectivity index (χ2v) is 6.96. The third-order valence-corrected chi connectivity index (χ3v) is 5.29. The molecule has 1 saturated heterocycles. The Kier molecular flexibility index (Phi) is 3.51. The zero-order valence-electron chi connectivity index (χ0n) is 13.7. The van der Waals surface area contributed by atoms with E-state index in [4.69, 9.17) is 0 Å². The molecule has 0 aromatic heterocycles. The number of amides is 3. The molecule has 8 heteroatoms. The summed E-state index contributed by atoms with van der Waals surface area (Å²) in [7, 11) is 0. The number of anilines is 2. The van der Waals surface area contributed by atoms with E-state index in [-0.39, 0.29) is 23.2 Å². The van der Waals surface area contributed by atoms with Gasteiger partial charge in [-0.15, -0.1) is 0 Å². The van der Waals surface area contributed by atoms with Crippen molar-refractivity contribution in [2.24, 2.45) is 23.7 Å². The van der Waals surface area contributed by atoms with Crippen LogP contribution in [-0.2, 0) is 20.6 Å². The van der Waals surface area contributed by atoms with Gasteiger partial charge in [-0.2, -0.15) is 13.2 Å². The first-order valence-corrected chi connectivity index (χ1v) is 8.23. The number of alkyl halides is 3. The minimum atomic E-state index is -4.68. The molecule has 5 nitrogen and oxygen atoms in total. The van der Waals surface area contributed by atoms with E-state index in [1.165, 1.54) is 13.0 Å². The van der Waals surface area contributed by atoms with Gasteiger partial charge in [0.05, 0.1) is 23.1 Å². The molecule has 3 amide bonds. The highest BCUT2D eigenvalue weighted by Crippen LogP contribution is 2.53.